The Bertz CT molecular complexity index is 1050. The molecule has 0 bridgehead atoms. The van der Waals surface area contributed by atoms with Crippen LogP contribution < -0.4 is 15.0 Å². The van der Waals surface area contributed by atoms with Crippen molar-refractivity contribution in [2.24, 2.45) is 0 Å². The number of ether oxygens (including phenoxy) is 1. The number of para-hydroxylation sites is 2. The van der Waals surface area contributed by atoms with Crippen molar-refractivity contribution in [3.05, 3.63) is 95.6 Å². The number of fused-ring (bicyclic) bond motifs is 1. The molecule has 1 unspecified atom stereocenters. The van der Waals surface area contributed by atoms with Gasteiger partial charge in [-0.2, -0.15) is 0 Å². The van der Waals surface area contributed by atoms with E-state index in [1.54, 1.807) is 29.2 Å². The summed E-state index contributed by atoms with van der Waals surface area (Å²) in [5.41, 5.74) is 3.53. The van der Waals surface area contributed by atoms with E-state index in [4.69, 9.17) is 4.74 Å². The maximum Gasteiger partial charge on any atom is 0.265 e. The molecule has 1 N–H and O–H groups in total. The number of hydrogen-bond donors (Lipinski definition) is 1. The van der Waals surface area contributed by atoms with Crippen LogP contribution in [0, 0.1) is 0 Å². The van der Waals surface area contributed by atoms with Crippen LogP contribution in [0.15, 0.2) is 78.9 Å². The largest absolute Gasteiger partial charge is 0.483 e. The van der Waals surface area contributed by atoms with E-state index in [2.05, 4.69) is 5.32 Å². The number of amides is 2. The number of rotatable bonds is 6. The first-order valence-electron chi connectivity index (χ1n) is 10.1. The average molecular weight is 400 g/mol. The van der Waals surface area contributed by atoms with E-state index >= 15 is 0 Å². The number of anilines is 1. The minimum atomic E-state index is -0.234. The Morgan fingerprint density at radius 3 is 2.50 bits per heavy atom. The van der Waals surface area contributed by atoms with E-state index in [9.17, 15) is 9.59 Å². The summed E-state index contributed by atoms with van der Waals surface area (Å²) in [5.74, 6) is 0.0466. The van der Waals surface area contributed by atoms with Crippen LogP contribution in [-0.4, -0.2) is 24.5 Å². The van der Waals surface area contributed by atoms with Crippen LogP contribution in [-0.2, 0) is 17.8 Å². The van der Waals surface area contributed by atoms with Crippen molar-refractivity contribution in [3.63, 3.8) is 0 Å². The van der Waals surface area contributed by atoms with Crippen molar-refractivity contribution in [1.82, 2.24) is 5.32 Å². The van der Waals surface area contributed by atoms with Gasteiger partial charge in [0.2, 0.25) is 0 Å². The van der Waals surface area contributed by atoms with Gasteiger partial charge < -0.3 is 15.0 Å². The molecule has 152 valence electrons. The third-order valence-corrected chi connectivity index (χ3v) is 5.25. The maximum absolute atomic E-state index is 12.9. The first kappa shape index (κ1) is 19.7. The molecule has 5 nitrogen and oxygen atoms in total. The molecule has 0 aromatic heterocycles. The standard InChI is InChI=1S/C25H24N2O3/c1-18-15-20-11-5-7-13-22(20)27(18)24(28)17-30-23-14-8-6-12-21(23)25(29)26-16-19-9-3-2-4-10-19/h2-14,18H,15-17H2,1H3,(H,26,29). The fraction of sp³-hybridized carbons (Fsp3) is 0.200. The minimum Gasteiger partial charge on any atom is -0.483 e. The highest BCUT2D eigenvalue weighted by atomic mass is 16.5. The summed E-state index contributed by atoms with van der Waals surface area (Å²) in [6, 6.07) is 24.7. The molecular formula is C25H24N2O3. The fourth-order valence-corrected chi connectivity index (χ4v) is 3.81. The van der Waals surface area contributed by atoms with Gasteiger partial charge in [0.25, 0.3) is 11.8 Å². The van der Waals surface area contributed by atoms with E-state index in [1.807, 2.05) is 61.5 Å². The van der Waals surface area contributed by atoms with Gasteiger partial charge >= 0.3 is 0 Å². The number of carbonyl (C=O) groups excluding carboxylic acids is 2. The third kappa shape index (κ3) is 4.20. The Kier molecular flexibility index (Phi) is 5.80. The van der Waals surface area contributed by atoms with Crippen LogP contribution in [0.5, 0.6) is 5.75 Å². The molecule has 5 heteroatoms. The van der Waals surface area contributed by atoms with E-state index in [1.165, 1.54) is 5.56 Å². The molecule has 0 aliphatic carbocycles. The monoisotopic (exact) mass is 400 g/mol. The second kappa shape index (κ2) is 8.82. The maximum atomic E-state index is 12.9. The molecule has 0 spiro atoms. The van der Waals surface area contributed by atoms with Gasteiger partial charge in [-0.25, -0.2) is 0 Å². The van der Waals surface area contributed by atoms with Crippen molar-refractivity contribution >= 4 is 17.5 Å². The van der Waals surface area contributed by atoms with E-state index in [0.29, 0.717) is 17.9 Å². The van der Waals surface area contributed by atoms with Gasteiger partial charge in [-0.05, 0) is 42.7 Å². The Morgan fingerprint density at radius 1 is 0.967 bits per heavy atom. The summed E-state index contributed by atoms with van der Waals surface area (Å²) in [6.07, 6.45) is 0.834. The SMILES string of the molecule is CC1Cc2ccccc2N1C(=O)COc1ccccc1C(=O)NCc1ccccc1. The van der Waals surface area contributed by atoms with Crippen molar-refractivity contribution in [2.75, 3.05) is 11.5 Å². The number of nitrogens with one attached hydrogen (secondary N) is 1. The third-order valence-electron chi connectivity index (χ3n) is 5.25. The van der Waals surface area contributed by atoms with Gasteiger partial charge in [0.05, 0.1) is 5.56 Å². The minimum absolute atomic E-state index is 0.0860. The molecule has 4 rings (SSSR count). The molecule has 0 saturated carbocycles. The van der Waals surface area contributed by atoms with E-state index < -0.39 is 0 Å². The summed E-state index contributed by atoms with van der Waals surface area (Å²) >= 11 is 0. The predicted octanol–water partition coefficient (Wildman–Crippen LogP) is 3.97. The summed E-state index contributed by atoms with van der Waals surface area (Å²) in [5, 5.41) is 2.90. The molecule has 0 saturated heterocycles. The zero-order valence-corrected chi connectivity index (χ0v) is 16.9. The molecule has 3 aromatic carbocycles. The molecule has 2 amide bonds. The lowest BCUT2D eigenvalue weighted by Crippen LogP contribution is -2.39. The van der Waals surface area contributed by atoms with Crippen molar-refractivity contribution in [3.8, 4) is 5.75 Å². The van der Waals surface area contributed by atoms with Gasteiger partial charge in [-0.1, -0.05) is 60.7 Å². The van der Waals surface area contributed by atoms with Crippen LogP contribution in [0.2, 0.25) is 0 Å². The average Bonchev–Trinajstić information content (AvgIpc) is 3.12. The van der Waals surface area contributed by atoms with Crippen LogP contribution in [0.4, 0.5) is 5.69 Å². The molecule has 1 atom stereocenters. The topological polar surface area (TPSA) is 58.6 Å². The van der Waals surface area contributed by atoms with Crippen LogP contribution >= 0.6 is 0 Å². The van der Waals surface area contributed by atoms with Gasteiger partial charge in [0.15, 0.2) is 6.61 Å². The van der Waals surface area contributed by atoms with Gasteiger partial charge in [0.1, 0.15) is 5.75 Å². The summed E-state index contributed by atoms with van der Waals surface area (Å²) in [7, 11) is 0. The number of carbonyl (C=O) groups is 2. The van der Waals surface area contributed by atoms with Crippen molar-refractivity contribution < 1.29 is 14.3 Å². The molecule has 0 fully saturated rings. The molecule has 3 aromatic rings. The second-order valence-corrected chi connectivity index (χ2v) is 7.40. The Balaban J connectivity index is 1.42. The van der Waals surface area contributed by atoms with Crippen molar-refractivity contribution in [1.29, 1.82) is 0 Å². The summed E-state index contributed by atoms with van der Waals surface area (Å²) in [4.78, 5) is 27.3. The van der Waals surface area contributed by atoms with Crippen molar-refractivity contribution in [2.45, 2.75) is 25.9 Å². The van der Waals surface area contributed by atoms with Crippen LogP contribution in [0.1, 0.15) is 28.4 Å². The van der Waals surface area contributed by atoms with Crippen LogP contribution in [0.25, 0.3) is 0 Å². The predicted molar refractivity (Wildman–Crippen MR) is 117 cm³/mol. The van der Waals surface area contributed by atoms with Crippen LogP contribution in [0.3, 0.4) is 0 Å². The van der Waals surface area contributed by atoms with Gasteiger partial charge in [-0.3, -0.25) is 9.59 Å². The normalized spacial score (nSPS) is 14.8. The summed E-state index contributed by atoms with van der Waals surface area (Å²) in [6.45, 7) is 2.33. The summed E-state index contributed by atoms with van der Waals surface area (Å²) < 4.78 is 5.80. The zero-order chi connectivity index (χ0) is 20.9. The Morgan fingerprint density at radius 2 is 1.67 bits per heavy atom. The molecule has 0 radical (unpaired) electrons. The molecule has 1 heterocycles. The van der Waals surface area contributed by atoms with E-state index in [0.717, 1.165) is 17.7 Å². The van der Waals surface area contributed by atoms with E-state index in [-0.39, 0.29) is 24.5 Å². The Hall–Kier alpha value is -3.60. The lowest BCUT2D eigenvalue weighted by Gasteiger charge is -2.23. The fourth-order valence-electron chi connectivity index (χ4n) is 3.81. The highest BCUT2D eigenvalue weighted by Gasteiger charge is 2.30. The lowest BCUT2D eigenvalue weighted by molar-refractivity contribution is -0.120. The number of hydrogen-bond acceptors (Lipinski definition) is 3. The first-order chi connectivity index (χ1) is 14.6. The van der Waals surface area contributed by atoms with Gasteiger partial charge in [-0.15, -0.1) is 0 Å². The second-order valence-electron chi connectivity index (χ2n) is 7.40. The quantitative estimate of drug-likeness (QED) is 0.681. The molecule has 30 heavy (non-hydrogen) atoms. The highest BCUT2D eigenvalue weighted by molar-refractivity contribution is 5.98. The zero-order valence-electron chi connectivity index (χ0n) is 16.9. The highest BCUT2D eigenvalue weighted by Crippen LogP contribution is 2.32. The lowest BCUT2D eigenvalue weighted by atomic mass is 10.1. The molecular weight excluding hydrogens is 376 g/mol. The number of benzene rings is 3. The smallest absolute Gasteiger partial charge is 0.265 e. The number of nitrogens with zero attached hydrogens (tertiary/aromatic N) is 1. The molecule has 1 aliphatic heterocycles. The first-order valence-corrected chi connectivity index (χ1v) is 10.1. The Labute approximate surface area is 176 Å². The van der Waals surface area contributed by atoms with Gasteiger partial charge in [0, 0.05) is 18.3 Å². The molecule has 1 aliphatic rings.